The fourth-order valence-electron chi connectivity index (χ4n) is 5.93. The Morgan fingerprint density at radius 1 is 1.12 bits per heavy atom. The van der Waals surface area contributed by atoms with E-state index in [1.165, 1.54) is 0 Å². The van der Waals surface area contributed by atoms with Gasteiger partial charge in [0.05, 0.1) is 37.2 Å². The fraction of sp³-hybridized carbons (Fsp3) is 0.652. The molecule has 5 rings (SSSR count). The first-order valence-electron chi connectivity index (χ1n) is 10.9. The van der Waals surface area contributed by atoms with E-state index in [-0.39, 0.29) is 24.4 Å². The van der Waals surface area contributed by atoms with Gasteiger partial charge in [0.1, 0.15) is 42.6 Å². The third-order valence-corrected chi connectivity index (χ3v) is 11.2. The monoisotopic (exact) mass is 482 g/mol. The molecule has 32 heavy (non-hydrogen) atoms. The van der Waals surface area contributed by atoms with Crippen LogP contribution in [0.4, 0.5) is 0 Å². The molecule has 1 aromatic carbocycles. The Labute approximate surface area is 194 Å². The molecular formula is C23H31ClO7Si. The molecule has 1 saturated heterocycles. The van der Waals surface area contributed by atoms with Crippen LogP contribution in [0.25, 0.3) is 0 Å². The molecule has 0 N–H and O–H groups in total. The molecule has 1 fully saturated rings. The lowest BCUT2D eigenvalue weighted by atomic mass is 9.78. The summed E-state index contributed by atoms with van der Waals surface area (Å²) in [6.07, 6.45) is 4.54. The number of ether oxygens (including phenoxy) is 7. The molecule has 0 saturated carbocycles. The van der Waals surface area contributed by atoms with Crippen molar-refractivity contribution in [3.8, 4) is 11.5 Å². The summed E-state index contributed by atoms with van der Waals surface area (Å²) in [5, 5.41) is -0.00488. The van der Waals surface area contributed by atoms with E-state index in [4.69, 9.17) is 44.8 Å². The van der Waals surface area contributed by atoms with Crippen molar-refractivity contribution in [2.24, 2.45) is 0 Å². The van der Waals surface area contributed by atoms with Crippen LogP contribution in [0.3, 0.4) is 0 Å². The molecule has 2 unspecified atom stereocenters. The molecule has 0 amide bonds. The first-order chi connectivity index (χ1) is 15.3. The van der Waals surface area contributed by atoms with Gasteiger partial charge in [-0.2, -0.15) is 0 Å². The lowest BCUT2D eigenvalue weighted by molar-refractivity contribution is -0.240. The third-order valence-electron chi connectivity index (χ3n) is 7.56. The van der Waals surface area contributed by atoms with Crippen LogP contribution >= 0.6 is 11.6 Å². The maximum Gasteiger partial charge on any atom is 0.144 e. The maximum atomic E-state index is 7.11. The number of hydrogen-bond donors (Lipinski definition) is 0. The first kappa shape index (κ1) is 22.6. The minimum Gasteiger partial charge on any atom is -0.496 e. The predicted molar refractivity (Wildman–Crippen MR) is 121 cm³/mol. The highest BCUT2D eigenvalue weighted by Gasteiger charge is 2.70. The Hall–Kier alpha value is -1.13. The average molecular weight is 483 g/mol. The van der Waals surface area contributed by atoms with Gasteiger partial charge in [0, 0.05) is 44.9 Å². The van der Waals surface area contributed by atoms with Crippen molar-refractivity contribution in [1.82, 2.24) is 0 Å². The highest BCUT2D eigenvalue weighted by Crippen LogP contribution is 2.67. The second-order valence-corrected chi connectivity index (χ2v) is 14.8. The van der Waals surface area contributed by atoms with E-state index in [1.807, 2.05) is 6.07 Å². The Morgan fingerprint density at radius 2 is 1.91 bits per heavy atom. The lowest BCUT2D eigenvalue weighted by Gasteiger charge is -2.46. The van der Waals surface area contributed by atoms with Crippen molar-refractivity contribution in [3.05, 3.63) is 34.4 Å². The van der Waals surface area contributed by atoms with Gasteiger partial charge in [-0.15, -0.1) is 0 Å². The van der Waals surface area contributed by atoms with Crippen molar-refractivity contribution in [2.45, 2.75) is 54.8 Å². The largest absolute Gasteiger partial charge is 0.496 e. The summed E-state index contributed by atoms with van der Waals surface area (Å²) >= 11 is 6.64. The zero-order valence-corrected chi connectivity index (χ0v) is 21.2. The van der Waals surface area contributed by atoms with Gasteiger partial charge in [-0.1, -0.05) is 30.8 Å². The maximum absolute atomic E-state index is 7.11. The minimum absolute atomic E-state index is 0.172. The topological polar surface area (TPSA) is 64.6 Å². The van der Waals surface area contributed by atoms with Crippen molar-refractivity contribution in [3.63, 3.8) is 0 Å². The van der Waals surface area contributed by atoms with E-state index in [2.05, 4.69) is 25.2 Å². The van der Waals surface area contributed by atoms with Gasteiger partial charge < -0.3 is 33.2 Å². The predicted octanol–water partition coefficient (Wildman–Crippen LogP) is 3.35. The van der Waals surface area contributed by atoms with E-state index in [9.17, 15) is 0 Å². The summed E-state index contributed by atoms with van der Waals surface area (Å²) in [5.41, 5.74) is 1.12. The van der Waals surface area contributed by atoms with Gasteiger partial charge >= 0.3 is 0 Å². The molecule has 1 spiro atoms. The van der Waals surface area contributed by atoms with Gasteiger partial charge in [-0.3, -0.25) is 0 Å². The average Bonchev–Trinajstić information content (AvgIpc) is 3.33. The standard InChI is InChI=1S/C23H31ClO7Si/c1-25-11-16-21(28-4)15(27-3)10-17(30-16)22-7-8-23(31-22)19-18(22)14(26-2)9-13(24)20(19)29-12-32(23,5)6/h7-9,15-17,21H,10-12H2,1-6H3/t15-,16-,17-,21+,22?,23?/m1/s1. The van der Waals surface area contributed by atoms with Crippen molar-refractivity contribution >= 4 is 19.7 Å². The number of halogens is 1. The zero-order valence-electron chi connectivity index (χ0n) is 19.4. The SMILES string of the molecule is COC[C@H]1O[C@@H](C23C=CC4(O2)c2c(c(Cl)cc(OC)c23)OC[Si]4(C)C)C[C@@H](OC)[C@@H]1OC. The molecule has 4 aliphatic heterocycles. The van der Waals surface area contributed by atoms with Crippen molar-refractivity contribution < 1.29 is 33.2 Å². The Balaban J connectivity index is 1.68. The quantitative estimate of drug-likeness (QED) is 0.455. The van der Waals surface area contributed by atoms with E-state index in [1.54, 1.807) is 28.4 Å². The van der Waals surface area contributed by atoms with Crippen LogP contribution in [0.5, 0.6) is 11.5 Å². The molecule has 6 atom stereocenters. The number of hydrogen-bond acceptors (Lipinski definition) is 7. The summed E-state index contributed by atoms with van der Waals surface area (Å²) in [6, 6.07) is 1.82. The summed E-state index contributed by atoms with van der Waals surface area (Å²) in [5.74, 6) is 1.38. The number of methoxy groups -OCH3 is 4. The smallest absolute Gasteiger partial charge is 0.144 e. The molecule has 4 heterocycles. The Kier molecular flexibility index (Phi) is 5.45. The first-order valence-corrected chi connectivity index (χ1v) is 14.5. The number of fused-ring (bicyclic) bond motifs is 2. The highest BCUT2D eigenvalue weighted by molar-refractivity contribution is 6.81. The summed E-state index contributed by atoms with van der Waals surface area (Å²) in [7, 11) is 4.64. The molecule has 0 aromatic heterocycles. The van der Waals surface area contributed by atoms with Gasteiger partial charge in [0.2, 0.25) is 0 Å². The minimum atomic E-state index is -2.06. The van der Waals surface area contributed by atoms with E-state index < -0.39 is 18.9 Å². The van der Waals surface area contributed by atoms with Crippen LogP contribution < -0.4 is 9.47 Å². The third kappa shape index (κ3) is 2.78. The summed E-state index contributed by atoms with van der Waals surface area (Å²) < 4.78 is 42.9. The zero-order chi connectivity index (χ0) is 22.9. The molecule has 4 aliphatic rings. The number of rotatable bonds is 6. The molecule has 9 heteroatoms. The highest BCUT2D eigenvalue weighted by atomic mass is 35.5. The van der Waals surface area contributed by atoms with Gasteiger partial charge in [-0.05, 0) is 6.08 Å². The van der Waals surface area contributed by atoms with Crippen molar-refractivity contribution in [1.29, 1.82) is 0 Å². The van der Waals surface area contributed by atoms with E-state index >= 15 is 0 Å². The summed E-state index contributed by atoms with van der Waals surface area (Å²) in [4.78, 5) is 0. The molecule has 176 valence electrons. The normalized spacial score (nSPS) is 38.5. The lowest BCUT2D eigenvalue weighted by Crippen LogP contribution is -2.58. The second kappa shape index (κ2) is 7.70. The van der Waals surface area contributed by atoms with Crippen LogP contribution in [0.2, 0.25) is 18.1 Å². The summed E-state index contributed by atoms with van der Waals surface area (Å²) in [6.45, 7) is 4.96. The molecule has 2 bridgehead atoms. The van der Waals surface area contributed by atoms with E-state index in [0.29, 0.717) is 35.8 Å². The Bertz CT molecular complexity index is 953. The molecule has 0 aliphatic carbocycles. The molecule has 1 aromatic rings. The Morgan fingerprint density at radius 3 is 2.56 bits per heavy atom. The van der Waals surface area contributed by atoms with Crippen molar-refractivity contribution in [2.75, 3.05) is 41.3 Å². The van der Waals surface area contributed by atoms with Crippen LogP contribution in [0.1, 0.15) is 17.5 Å². The van der Waals surface area contributed by atoms with Gasteiger partial charge in [0.25, 0.3) is 0 Å². The second-order valence-electron chi connectivity index (χ2n) is 9.61. The molecule has 0 radical (unpaired) electrons. The van der Waals surface area contributed by atoms with E-state index in [0.717, 1.165) is 11.1 Å². The fourth-order valence-corrected chi connectivity index (χ4v) is 8.79. The number of benzene rings is 1. The molecule has 7 nitrogen and oxygen atoms in total. The van der Waals surface area contributed by atoms with Crippen LogP contribution in [0, 0.1) is 0 Å². The van der Waals surface area contributed by atoms with Crippen LogP contribution in [-0.4, -0.2) is 73.8 Å². The van der Waals surface area contributed by atoms with Gasteiger partial charge in [-0.25, -0.2) is 0 Å². The van der Waals surface area contributed by atoms with Crippen LogP contribution in [-0.2, 0) is 34.5 Å². The van der Waals surface area contributed by atoms with Gasteiger partial charge in [0.15, 0.2) is 0 Å². The molecular weight excluding hydrogens is 452 g/mol. The van der Waals surface area contributed by atoms with Crippen LogP contribution in [0.15, 0.2) is 18.2 Å².